The number of carbonyl (C=O) groups is 1. The van der Waals surface area contributed by atoms with Crippen LogP contribution >= 0.6 is 11.6 Å². The highest BCUT2D eigenvalue weighted by molar-refractivity contribution is 6.30. The summed E-state index contributed by atoms with van der Waals surface area (Å²) in [4.78, 5) is 12.5. The fourth-order valence-electron chi connectivity index (χ4n) is 2.42. The van der Waals surface area contributed by atoms with Gasteiger partial charge in [-0.2, -0.15) is 0 Å². The first kappa shape index (κ1) is 18.3. The number of rotatable bonds is 6. The summed E-state index contributed by atoms with van der Waals surface area (Å²) < 4.78 is 5.79. The van der Waals surface area contributed by atoms with Gasteiger partial charge >= 0.3 is 0 Å². The molecule has 128 valence electrons. The lowest BCUT2D eigenvalue weighted by atomic mass is 10.0. The third-order valence-electron chi connectivity index (χ3n) is 4.14. The molecule has 2 atom stereocenters. The fraction of sp³-hybridized carbons (Fsp3) is 0.350. The average molecular weight is 346 g/mol. The van der Waals surface area contributed by atoms with Crippen molar-refractivity contribution in [1.29, 1.82) is 0 Å². The maximum Gasteiger partial charge on any atom is 0.261 e. The molecule has 0 spiro atoms. The van der Waals surface area contributed by atoms with Gasteiger partial charge < -0.3 is 10.1 Å². The molecule has 2 aromatic carbocycles. The molecule has 2 rings (SSSR count). The monoisotopic (exact) mass is 345 g/mol. The zero-order chi connectivity index (χ0) is 17.7. The molecule has 4 heteroatoms. The van der Waals surface area contributed by atoms with E-state index in [2.05, 4.69) is 31.3 Å². The van der Waals surface area contributed by atoms with E-state index in [4.69, 9.17) is 16.3 Å². The number of aryl methyl sites for hydroxylation is 2. The van der Waals surface area contributed by atoms with Crippen molar-refractivity contribution in [3.05, 3.63) is 64.2 Å². The standard InChI is InChI=1S/C20H24ClNO2/c1-5-19(24-18-10-8-17(21)9-11-18)20(23)22-15(4)16-7-6-13(2)14(3)12-16/h6-12,15,19H,5H2,1-4H3,(H,22,23)/t15-,19+/m0/s1. The van der Waals surface area contributed by atoms with Crippen LogP contribution in [0, 0.1) is 13.8 Å². The Morgan fingerprint density at radius 1 is 1.12 bits per heavy atom. The summed E-state index contributed by atoms with van der Waals surface area (Å²) in [6.45, 7) is 8.07. The van der Waals surface area contributed by atoms with Gasteiger partial charge in [0.2, 0.25) is 0 Å². The van der Waals surface area contributed by atoms with Gasteiger partial charge in [-0.05, 0) is 68.1 Å². The topological polar surface area (TPSA) is 38.3 Å². The summed E-state index contributed by atoms with van der Waals surface area (Å²) in [5.74, 6) is 0.526. The van der Waals surface area contributed by atoms with Crippen LogP contribution in [-0.2, 0) is 4.79 Å². The van der Waals surface area contributed by atoms with Gasteiger partial charge in [0.25, 0.3) is 5.91 Å². The lowest BCUT2D eigenvalue weighted by Gasteiger charge is -2.21. The minimum atomic E-state index is -0.528. The van der Waals surface area contributed by atoms with Crippen LogP contribution in [0.15, 0.2) is 42.5 Å². The van der Waals surface area contributed by atoms with Crippen LogP contribution in [0.2, 0.25) is 5.02 Å². The number of halogens is 1. The number of ether oxygens (including phenoxy) is 1. The van der Waals surface area contributed by atoms with Crippen molar-refractivity contribution in [2.45, 2.75) is 46.3 Å². The maximum atomic E-state index is 12.5. The molecule has 0 aliphatic heterocycles. The first-order valence-corrected chi connectivity index (χ1v) is 8.58. The van der Waals surface area contributed by atoms with Crippen molar-refractivity contribution in [3.63, 3.8) is 0 Å². The second-order valence-corrected chi connectivity index (χ2v) is 6.48. The largest absolute Gasteiger partial charge is 0.481 e. The predicted octanol–water partition coefficient (Wildman–Crippen LogP) is 4.99. The van der Waals surface area contributed by atoms with Gasteiger partial charge in [0, 0.05) is 5.02 Å². The molecule has 0 saturated heterocycles. The van der Waals surface area contributed by atoms with Gasteiger partial charge in [-0.15, -0.1) is 0 Å². The van der Waals surface area contributed by atoms with E-state index in [1.807, 2.05) is 19.9 Å². The summed E-state index contributed by atoms with van der Waals surface area (Å²) >= 11 is 5.87. The van der Waals surface area contributed by atoms with Gasteiger partial charge in [0.05, 0.1) is 6.04 Å². The molecule has 24 heavy (non-hydrogen) atoms. The summed E-state index contributed by atoms with van der Waals surface area (Å²) in [5, 5.41) is 3.68. The Labute approximate surface area is 149 Å². The van der Waals surface area contributed by atoms with Crippen molar-refractivity contribution in [2.24, 2.45) is 0 Å². The molecule has 0 radical (unpaired) electrons. The molecule has 0 aliphatic rings. The Morgan fingerprint density at radius 2 is 1.79 bits per heavy atom. The first-order chi connectivity index (χ1) is 11.4. The van der Waals surface area contributed by atoms with Gasteiger partial charge in [-0.1, -0.05) is 36.7 Å². The van der Waals surface area contributed by atoms with E-state index >= 15 is 0 Å². The summed E-state index contributed by atoms with van der Waals surface area (Å²) in [6, 6.07) is 13.2. The van der Waals surface area contributed by atoms with Gasteiger partial charge in [0.1, 0.15) is 5.75 Å². The Balaban J connectivity index is 2.02. The van der Waals surface area contributed by atoms with E-state index in [0.29, 0.717) is 17.2 Å². The Morgan fingerprint density at radius 3 is 2.38 bits per heavy atom. The second kappa shape index (κ2) is 8.20. The molecule has 2 aromatic rings. The van der Waals surface area contributed by atoms with Crippen molar-refractivity contribution in [3.8, 4) is 5.75 Å². The van der Waals surface area contributed by atoms with E-state index in [-0.39, 0.29) is 11.9 Å². The number of hydrogen-bond acceptors (Lipinski definition) is 2. The predicted molar refractivity (Wildman–Crippen MR) is 98.6 cm³/mol. The van der Waals surface area contributed by atoms with Crippen LogP contribution in [0.3, 0.4) is 0 Å². The van der Waals surface area contributed by atoms with E-state index in [1.54, 1.807) is 24.3 Å². The normalized spacial score (nSPS) is 13.2. The molecule has 3 nitrogen and oxygen atoms in total. The Hall–Kier alpha value is -2.00. The molecule has 0 aromatic heterocycles. The molecule has 1 amide bonds. The van der Waals surface area contributed by atoms with Crippen molar-refractivity contribution < 1.29 is 9.53 Å². The van der Waals surface area contributed by atoms with E-state index in [1.165, 1.54) is 11.1 Å². The van der Waals surface area contributed by atoms with Crippen LogP contribution in [-0.4, -0.2) is 12.0 Å². The quantitative estimate of drug-likeness (QED) is 0.800. The molecule has 1 N–H and O–H groups in total. The first-order valence-electron chi connectivity index (χ1n) is 8.20. The minimum Gasteiger partial charge on any atom is -0.481 e. The molecule has 0 bridgehead atoms. The van der Waals surface area contributed by atoms with Crippen LogP contribution in [0.5, 0.6) is 5.75 Å². The highest BCUT2D eigenvalue weighted by Crippen LogP contribution is 2.20. The van der Waals surface area contributed by atoms with Crippen molar-refractivity contribution >= 4 is 17.5 Å². The highest BCUT2D eigenvalue weighted by atomic mass is 35.5. The fourth-order valence-corrected chi connectivity index (χ4v) is 2.55. The Bertz CT molecular complexity index is 697. The Kier molecular flexibility index (Phi) is 6.27. The number of amides is 1. The van der Waals surface area contributed by atoms with Gasteiger partial charge in [0.15, 0.2) is 6.10 Å². The molecule has 0 aliphatic carbocycles. The molecule has 0 unspecified atom stereocenters. The number of benzene rings is 2. The third-order valence-corrected chi connectivity index (χ3v) is 4.40. The van der Waals surface area contributed by atoms with Crippen LogP contribution < -0.4 is 10.1 Å². The van der Waals surface area contributed by atoms with Gasteiger partial charge in [-0.3, -0.25) is 4.79 Å². The van der Waals surface area contributed by atoms with E-state index in [9.17, 15) is 4.79 Å². The average Bonchev–Trinajstić information content (AvgIpc) is 2.56. The molecule has 0 fully saturated rings. The van der Waals surface area contributed by atoms with Crippen LogP contribution in [0.25, 0.3) is 0 Å². The smallest absolute Gasteiger partial charge is 0.261 e. The molecular weight excluding hydrogens is 322 g/mol. The maximum absolute atomic E-state index is 12.5. The van der Waals surface area contributed by atoms with Crippen molar-refractivity contribution in [2.75, 3.05) is 0 Å². The number of carbonyl (C=O) groups excluding carboxylic acids is 1. The lowest BCUT2D eigenvalue weighted by Crippen LogP contribution is -2.39. The summed E-state index contributed by atoms with van der Waals surface area (Å²) in [6.07, 6.45) is 0.0638. The zero-order valence-corrected chi connectivity index (χ0v) is 15.4. The third kappa shape index (κ3) is 4.75. The number of hydrogen-bond donors (Lipinski definition) is 1. The lowest BCUT2D eigenvalue weighted by molar-refractivity contribution is -0.128. The zero-order valence-electron chi connectivity index (χ0n) is 14.6. The molecule has 0 saturated carbocycles. The SMILES string of the molecule is CC[C@@H](Oc1ccc(Cl)cc1)C(=O)N[C@@H](C)c1ccc(C)c(C)c1. The second-order valence-electron chi connectivity index (χ2n) is 6.04. The van der Waals surface area contributed by atoms with E-state index in [0.717, 1.165) is 5.56 Å². The van der Waals surface area contributed by atoms with Crippen LogP contribution in [0.4, 0.5) is 0 Å². The molecular formula is C20H24ClNO2. The van der Waals surface area contributed by atoms with Crippen LogP contribution in [0.1, 0.15) is 43.0 Å². The highest BCUT2D eigenvalue weighted by Gasteiger charge is 2.20. The van der Waals surface area contributed by atoms with Gasteiger partial charge in [-0.25, -0.2) is 0 Å². The summed E-state index contributed by atoms with van der Waals surface area (Å²) in [7, 11) is 0. The minimum absolute atomic E-state index is 0.0698. The number of nitrogens with one attached hydrogen (secondary N) is 1. The van der Waals surface area contributed by atoms with E-state index < -0.39 is 6.10 Å². The van der Waals surface area contributed by atoms with Crippen molar-refractivity contribution in [1.82, 2.24) is 5.32 Å². The summed E-state index contributed by atoms with van der Waals surface area (Å²) in [5.41, 5.74) is 3.56. The molecule has 0 heterocycles.